The van der Waals surface area contributed by atoms with Gasteiger partial charge in [0.15, 0.2) is 5.78 Å². The van der Waals surface area contributed by atoms with Crippen LogP contribution in [0, 0.1) is 0 Å². The van der Waals surface area contributed by atoms with E-state index in [-0.39, 0.29) is 18.7 Å². The Kier molecular flexibility index (Phi) is 7.74. The van der Waals surface area contributed by atoms with E-state index < -0.39 is 29.5 Å². The van der Waals surface area contributed by atoms with Crippen LogP contribution in [0.15, 0.2) is 67.0 Å². The number of ether oxygens (including phenoxy) is 2. The van der Waals surface area contributed by atoms with Gasteiger partial charge in [0.1, 0.15) is 23.9 Å². The summed E-state index contributed by atoms with van der Waals surface area (Å²) < 4.78 is 11.9. The van der Waals surface area contributed by atoms with Gasteiger partial charge in [-0.05, 0) is 36.6 Å². The molecular formula is C26H29N5O5. The molecule has 2 aromatic carbocycles. The number of methoxy groups -OCH3 is 1. The summed E-state index contributed by atoms with van der Waals surface area (Å²) in [5.74, 6) is -0.383. The average Bonchev–Trinajstić information content (AvgIpc) is 3.43. The number of Topliss-reactive ketones (excluding diaryl/α,β-unsaturated/α-hetero) is 1. The van der Waals surface area contributed by atoms with Gasteiger partial charge in [-0.15, -0.1) is 5.10 Å². The molecule has 1 fully saturated rings. The topological polar surface area (TPSA) is 128 Å². The second kappa shape index (κ2) is 11.1. The molecule has 0 bridgehead atoms. The number of benzene rings is 2. The first kappa shape index (κ1) is 25.1. The lowest BCUT2D eigenvalue weighted by molar-refractivity contribution is -0.133. The highest BCUT2D eigenvalue weighted by Crippen LogP contribution is 2.29. The van der Waals surface area contributed by atoms with E-state index in [2.05, 4.69) is 20.9 Å². The second-order valence-electron chi connectivity index (χ2n) is 8.91. The van der Waals surface area contributed by atoms with E-state index in [0.717, 1.165) is 11.1 Å². The Balaban J connectivity index is 1.52. The van der Waals surface area contributed by atoms with Gasteiger partial charge >= 0.3 is 0 Å². The Morgan fingerprint density at radius 1 is 1.03 bits per heavy atom. The van der Waals surface area contributed by atoms with Crippen LogP contribution in [0.1, 0.15) is 18.1 Å². The van der Waals surface area contributed by atoms with E-state index in [9.17, 15) is 14.4 Å². The van der Waals surface area contributed by atoms with Gasteiger partial charge in [-0.1, -0.05) is 47.7 Å². The molecule has 1 saturated heterocycles. The third kappa shape index (κ3) is 6.54. The van der Waals surface area contributed by atoms with Crippen LogP contribution in [0.3, 0.4) is 0 Å². The largest absolute Gasteiger partial charge is 0.497 e. The molecule has 0 saturated carbocycles. The van der Waals surface area contributed by atoms with Crippen molar-refractivity contribution < 1.29 is 23.9 Å². The van der Waals surface area contributed by atoms with E-state index in [1.807, 2.05) is 42.5 Å². The van der Waals surface area contributed by atoms with Gasteiger partial charge in [0.25, 0.3) is 0 Å². The molecule has 0 spiro atoms. The van der Waals surface area contributed by atoms with Gasteiger partial charge in [0.2, 0.25) is 11.8 Å². The maximum absolute atomic E-state index is 13.5. The third-order valence-corrected chi connectivity index (χ3v) is 6.04. The molecule has 1 aliphatic heterocycles. The molecule has 1 aliphatic rings. The van der Waals surface area contributed by atoms with Crippen molar-refractivity contribution in [3.63, 3.8) is 0 Å². The fraction of sp³-hybridized carbons (Fsp3) is 0.346. The average molecular weight is 492 g/mol. The van der Waals surface area contributed by atoms with Gasteiger partial charge in [0, 0.05) is 12.6 Å². The van der Waals surface area contributed by atoms with E-state index in [0.29, 0.717) is 18.8 Å². The van der Waals surface area contributed by atoms with Crippen LogP contribution in [0.25, 0.3) is 0 Å². The minimum Gasteiger partial charge on any atom is -0.497 e. The SMILES string of the molecule is COc1ccc(C[C@H](NC(=O)Cn2ccnn2)C(=O)N[C@@H](Cc2ccccc2)C(=O)[C@@]2(C)CO2)cc1. The van der Waals surface area contributed by atoms with Crippen LogP contribution < -0.4 is 15.4 Å². The van der Waals surface area contributed by atoms with Crippen LogP contribution in [0.5, 0.6) is 5.75 Å². The van der Waals surface area contributed by atoms with E-state index >= 15 is 0 Å². The van der Waals surface area contributed by atoms with E-state index in [1.54, 1.807) is 32.4 Å². The zero-order chi connectivity index (χ0) is 25.5. The minimum absolute atomic E-state index is 0.0926. The summed E-state index contributed by atoms with van der Waals surface area (Å²) in [5.41, 5.74) is 0.817. The van der Waals surface area contributed by atoms with Crippen molar-refractivity contribution in [1.29, 1.82) is 0 Å². The van der Waals surface area contributed by atoms with Crippen molar-refractivity contribution in [2.45, 2.75) is 44.0 Å². The Hall–Kier alpha value is -4.05. The zero-order valence-electron chi connectivity index (χ0n) is 20.2. The lowest BCUT2D eigenvalue weighted by Crippen LogP contribution is -2.55. The molecule has 0 aliphatic carbocycles. The first-order valence-corrected chi connectivity index (χ1v) is 11.7. The number of hydrogen-bond acceptors (Lipinski definition) is 7. The molecule has 2 amide bonds. The number of hydrogen-bond donors (Lipinski definition) is 2. The lowest BCUT2D eigenvalue weighted by Gasteiger charge is -2.24. The molecule has 10 heteroatoms. The van der Waals surface area contributed by atoms with Crippen molar-refractivity contribution in [3.8, 4) is 5.75 Å². The summed E-state index contributed by atoms with van der Waals surface area (Å²) in [7, 11) is 1.57. The Bertz CT molecular complexity index is 1180. The summed E-state index contributed by atoms with van der Waals surface area (Å²) in [6.45, 7) is 1.94. The lowest BCUT2D eigenvalue weighted by atomic mass is 9.94. The van der Waals surface area contributed by atoms with Gasteiger partial charge in [-0.3, -0.25) is 14.4 Å². The summed E-state index contributed by atoms with van der Waals surface area (Å²) in [5, 5.41) is 13.1. The van der Waals surface area contributed by atoms with Crippen molar-refractivity contribution in [2.24, 2.45) is 0 Å². The molecule has 188 valence electrons. The van der Waals surface area contributed by atoms with E-state index in [4.69, 9.17) is 9.47 Å². The Labute approximate surface area is 209 Å². The molecule has 2 heterocycles. The Morgan fingerprint density at radius 3 is 2.31 bits per heavy atom. The van der Waals surface area contributed by atoms with Gasteiger partial charge in [-0.25, -0.2) is 4.68 Å². The fourth-order valence-corrected chi connectivity index (χ4v) is 3.86. The summed E-state index contributed by atoms with van der Waals surface area (Å²) >= 11 is 0. The van der Waals surface area contributed by atoms with Crippen LogP contribution >= 0.6 is 0 Å². The number of rotatable bonds is 12. The second-order valence-corrected chi connectivity index (χ2v) is 8.91. The van der Waals surface area contributed by atoms with Gasteiger partial charge < -0.3 is 20.1 Å². The van der Waals surface area contributed by atoms with Gasteiger partial charge in [0.05, 0.1) is 26.0 Å². The fourth-order valence-electron chi connectivity index (χ4n) is 3.86. The van der Waals surface area contributed by atoms with Crippen LogP contribution in [0.2, 0.25) is 0 Å². The number of nitrogens with zero attached hydrogens (tertiary/aromatic N) is 3. The van der Waals surface area contributed by atoms with Crippen LogP contribution in [0.4, 0.5) is 0 Å². The highest BCUT2D eigenvalue weighted by molar-refractivity contribution is 5.98. The monoisotopic (exact) mass is 491 g/mol. The number of epoxide rings is 1. The van der Waals surface area contributed by atoms with Crippen molar-refractivity contribution >= 4 is 17.6 Å². The van der Waals surface area contributed by atoms with Crippen LogP contribution in [-0.4, -0.2) is 64.0 Å². The molecule has 10 nitrogen and oxygen atoms in total. The highest BCUT2D eigenvalue weighted by Gasteiger charge is 2.50. The third-order valence-electron chi connectivity index (χ3n) is 6.04. The maximum Gasteiger partial charge on any atom is 0.243 e. The van der Waals surface area contributed by atoms with Gasteiger partial charge in [-0.2, -0.15) is 0 Å². The molecule has 3 atom stereocenters. The number of carbonyl (C=O) groups excluding carboxylic acids is 3. The van der Waals surface area contributed by atoms with Crippen molar-refractivity contribution in [2.75, 3.05) is 13.7 Å². The normalized spacial score (nSPS) is 18.1. The standard InChI is InChI=1S/C26H29N5O5/c1-26(17-36-26)24(33)21(14-18-6-4-3-5-7-18)29-25(34)22(15-19-8-10-20(35-2)11-9-19)28-23(32)16-31-13-12-27-30-31/h3-13,21-22H,14-17H2,1-2H3,(H,28,32)(H,29,34)/t21-,22-,26+/m0/s1. The number of nitrogens with one attached hydrogen (secondary N) is 2. The number of carbonyl (C=O) groups is 3. The molecular weight excluding hydrogens is 462 g/mol. The van der Waals surface area contributed by atoms with Crippen molar-refractivity contribution in [3.05, 3.63) is 78.1 Å². The molecule has 4 rings (SSSR count). The quantitative estimate of drug-likeness (QED) is 0.363. The number of aromatic nitrogens is 3. The van der Waals surface area contributed by atoms with Crippen molar-refractivity contribution in [1.82, 2.24) is 25.6 Å². The predicted molar refractivity (Wildman–Crippen MR) is 130 cm³/mol. The summed E-state index contributed by atoms with van der Waals surface area (Å²) in [6, 6.07) is 14.9. The summed E-state index contributed by atoms with van der Waals surface area (Å²) in [4.78, 5) is 39.4. The molecule has 0 radical (unpaired) electrons. The number of ketones is 1. The molecule has 1 aromatic heterocycles. The van der Waals surface area contributed by atoms with Crippen LogP contribution in [-0.2, 0) is 38.5 Å². The molecule has 0 unspecified atom stereocenters. The molecule has 3 aromatic rings. The smallest absolute Gasteiger partial charge is 0.243 e. The Morgan fingerprint density at radius 2 is 1.69 bits per heavy atom. The van der Waals surface area contributed by atoms with E-state index in [1.165, 1.54) is 10.9 Å². The zero-order valence-corrected chi connectivity index (χ0v) is 20.2. The predicted octanol–water partition coefficient (Wildman–Crippen LogP) is 1.10. The molecule has 36 heavy (non-hydrogen) atoms. The summed E-state index contributed by atoms with van der Waals surface area (Å²) in [6.07, 6.45) is 3.56. The first-order valence-electron chi connectivity index (χ1n) is 11.7. The minimum atomic E-state index is -0.923. The maximum atomic E-state index is 13.5. The number of amides is 2. The first-order chi connectivity index (χ1) is 17.4. The highest BCUT2D eigenvalue weighted by atomic mass is 16.6. The molecule has 2 N–H and O–H groups in total.